The van der Waals surface area contributed by atoms with Crippen molar-refractivity contribution in [2.75, 3.05) is 41.7 Å². The van der Waals surface area contributed by atoms with Gasteiger partial charge in [-0.1, -0.05) is 160 Å². The lowest BCUT2D eigenvalue weighted by molar-refractivity contribution is -0.285. The summed E-state index contributed by atoms with van der Waals surface area (Å²) in [7, 11) is 2.48. The van der Waals surface area contributed by atoms with E-state index in [4.69, 9.17) is 42.6 Å². The van der Waals surface area contributed by atoms with Gasteiger partial charge in [-0.2, -0.15) is 52.7 Å². The molecule has 0 aromatic heterocycles. The van der Waals surface area contributed by atoms with Crippen LogP contribution in [-0.4, -0.2) is 132 Å². The molecule has 15 nitrogen and oxygen atoms in total. The number of alkyl halides is 12. The molecule has 0 bridgehead atoms. The Balaban J connectivity index is 1.16. The van der Waals surface area contributed by atoms with E-state index in [9.17, 15) is 50.3 Å². The van der Waals surface area contributed by atoms with Crippen molar-refractivity contribution in [1.82, 2.24) is 4.90 Å². The fraction of sp³-hybridized carbons (Fsp3) is 0.508. The van der Waals surface area contributed by atoms with Gasteiger partial charge in [-0.3, -0.25) is 4.90 Å². The van der Waals surface area contributed by atoms with Crippen LogP contribution in [0.25, 0.3) is 0 Å². The maximum absolute atomic E-state index is 15.2. The number of fused-ring (bicyclic) bond motifs is 1. The average molecular weight is 1240 g/mol. The molecule has 0 saturated carbocycles. The van der Waals surface area contributed by atoms with E-state index in [-0.39, 0.29) is 38.5 Å². The summed E-state index contributed by atoms with van der Waals surface area (Å²) in [4.78, 5) is 69.5. The molecule has 0 N–H and O–H groups in total. The van der Waals surface area contributed by atoms with E-state index in [1.54, 1.807) is 0 Å². The number of rotatable bonds is 29. The summed E-state index contributed by atoms with van der Waals surface area (Å²) in [6.07, 6.45) is -27.0. The molecule has 0 radical (unpaired) electrons. The Bertz CT molecular complexity index is 2870. The highest BCUT2D eigenvalue weighted by atomic mass is 19.4. The molecule has 2 aliphatic rings. The molecule has 2 saturated heterocycles. The van der Waals surface area contributed by atoms with Crippen LogP contribution in [0.4, 0.5) is 57.5 Å². The highest BCUT2D eigenvalue weighted by Gasteiger charge is 2.70. The van der Waals surface area contributed by atoms with Crippen molar-refractivity contribution < 1.29 is 119 Å². The fourth-order valence-electron chi connectivity index (χ4n) is 10.9. The Morgan fingerprint density at radius 1 is 0.465 bits per heavy atom. The number of unbranched alkanes of at least 4 members (excludes halogenated alkanes) is 6. The number of halogens is 12. The number of carbonyl (C=O) groups excluding carboxylic acids is 5. The Hall–Kier alpha value is -6.97. The summed E-state index contributed by atoms with van der Waals surface area (Å²) in [5.74, 6) is -7.88. The van der Waals surface area contributed by atoms with Gasteiger partial charge in [0.15, 0.2) is 12.2 Å². The van der Waals surface area contributed by atoms with Crippen LogP contribution in [0.1, 0.15) is 92.9 Å². The zero-order valence-electron chi connectivity index (χ0n) is 46.8. The molecule has 2 heterocycles. The van der Waals surface area contributed by atoms with Crippen LogP contribution in [0, 0.1) is 0 Å². The molecule has 1 amide bonds. The van der Waals surface area contributed by atoms with Crippen molar-refractivity contribution in [1.29, 1.82) is 0 Å². The second-order valence-corrected chi connectivity index (χ2v) is 20.2. The summed E-state index contributed by atoms with van der Waals surface area (Å²) < 4.78 is 225. The summed E-state index contributed by atoms with van der Waals surface area (Å²) in [6, 6.07) is 19.9. The Labute approximate surface area is 486 Å². The van der Waals surface area contributed by atoms with E-state index in [0.717, 1.165) is 53.4 Å². The Morgan fingerprint density at radius 3 is 1.19 bits per heavy atom. The van der Waals surface area contributed by atoms with Crippen molar-refractivity contribution in [2.24, 2.45) is 0 Å². The van der Waals surface area contributed by atoms with Crippen LogP contribution < -0.4 is 0 Å². The minimum atomic E-state index is -5.54. The van der Waals surface area contributed by atoms with Crippen LogP contribution in [0.3, 0.4) is 0 Å². The monoisotopic (exact) mass is 1240 g/mol. The molecule has 27 heteroatoms. The lowest BCUT2D eigenvalue weighted by Crippen LogP contribution is -2.56. The second kappa shape index (κ2) is 28.2. The molecule has 86 heavy (non-hydrogen) atoms. The van der Waals surface area contributed by atoms with Crippen LogP contribution in [0.5, 0.6) is 0 Å². The van der Waals surface area contributed by atoms with Gasteiger partial charge in [0.25, 0.3) is 22.4 Å². The number of amides is 1. The highest BCUT2D eigenvalue weighted by Crippen LogP contribution is 2.49. The zero-order chi connectivity index (χ0) is 63.4. The van der Waals surface area contributed by atoms with Crippen LogP contribution in [-0.2, 0) is 84.2 Å². The molecule has 9 atom stereocenters. The first-order chi connectivity index (χ1) is 40.6. The number of esters is 4. The molecule has 4 aromatic carbocycles. The first-order valence-electron chi connectivity index (χ1n) is 27.1. The Morgan fingerprint density at radius 2 is 0.802 bits per heavy atom. The van der Waals surface area contributed by atoms with Gasteiger partial charge in [-0.15, -0.1) is 0 Å². The van der Waals surface area contributed by atoms with Crippen molar-refractivity contribution in [3.05, 3.63) is 144 Å². The van der Waals surface area contributed by atoms with Crippen molar-refractivity contribution in [2.45, 2.75) is 148 Å². The molecule has 2 fully saturated rings. The van der Waals surface area contributed by atoms with Gasteiger partial charge in [0, 0.05) is 50.7 Å². The zero-order valence-corrected chi connectivity index (χ0v) is 46.8. The molecule has 472 valence electrons. The number of nitrogens with zero attached hydrogens (tertiary/aromatic N) is 1. The number of ether oxygens (including phenoxy) is 9. The molecule has 6 rings (SSSR count). The number of carbonyl (C=O) groups is 5. The first-order valence-corrected chi connectivity index (χ1v) is 27.1. The summed E-state index contributed by atoms with van der Waals surface area (Å²) in [5.41, 5.74) is -17.5. The number of methoxy groups -OCH3 is 4. The van der Waals surface area contributed by atoms with Crippen LogP contribution >= 0.6 is 0 Å². The van der Waals surface area contributed by atoms with E-state index in [1.807, 2.05) is 0 Å². The second-order valence-electron chi connectivity index (χ2n) is 20.2. The van der Waals surface area contributed by atoms with E-state index in [1.165, 1.54) is 72.8 Å². The normalized spacial score (nSPS) is 20.5. The van der Waals surface area contributed by atoms with Gasteiger partial charge in [-0.05, 0) is 32.1 Å². The standard InChI is InChI=1S/C59H63F12NO14/c1-78-52(56(60,61)62,38-25-14-10-15-26-38)47(73)82-36-24-34-42(84-48(74)53(79-2,57(63,64)65)39-27-16-11-17-28-39)33-22-8-6-5-7-9-23-35-43-45(85-49(75)54(80-3,58(66,67)68)40-29-18-12-19-30-40)46(44-37-83-51(77)72(43)44)86-50(76)55(81-4,59(69,70)71)41-31-20-13-21-32-41/h10-21,25-32,42-46H,5-9,22-24,33-37H2,1-4H3/t42-,43+,44+,45+,46+,52+,53+,54+,55+/m0/s1. The third-order valence-electron chi connectivity index (χ3n) is 15.3. The van der Waals surface area contributed by atoms with Gasteiger partial charge in [0.05, 0.1) is 12.6 Å². The lowest BCUT2D eigenvalue weighted by atomic mass is 9.91. The maximum atomic E-state index is 15.2. The van der Waals surface area contributed by atoms with E-state index in [0.29, 0.717) is 60.5 Å². The van der Waals surface area contributed by atoms with Gasteiger partial charge in [0.1, 0.15) is 18.8 Å². The summed E-state index contributed by atoms with van der Waals surface area (Å²) >= 11 is 0. The molecule has 0 aliphatic carbocycles. The van der Waals surface area contributed by atoms with Crippen LogP contribution in [0.2, 0.25) is 0 Å². The molecule has 0 spiro atoms. The van der Waals surface area contributed by atoms with E-state index in [2.05, 4.69) is 0 Å². The first kappa shape index (κ1) is 68.1. The third kappa shape index (κ3) is 13.6. The fourth-order valence-corrected chi connectivity index (χ4v) is 10.9. The molecular formula is C59H63F12NO14. The highest BCUT2D eigenvalue weighted by molar-refractivity contribution is 5.85. The maximum Gasteiger partial charge on any atom is 0.432 e. The van der Waals surface area contributed by atoms with Gasteiger partial charge in [-0.25, -0.2) is 24.0 Å². The number of hydrogen-bond acceptors (Lipinski definition) is 14. The number of hydrogen-bond donors (Lipinski definition) is 0. The SMILES string of the molecule is CO[C@@](C(=O)OCCC[C@H](CCCCCCCCC[C@@H]1[C@@H](OC(=O)[C@](OC)(c2ccccc2)C(F)(F)F)[C@H](OC(=O)[C@](OC)(c2ccccc2)C(F)(F)F)[C@H]2COC(=O)N12)OC(=O)[C@](OC)(c1ccccc1)C(F)(F)F)(c1ccccc1)C(F)(F)F. The molecule has 0 unspecified atom stereocenters. The minimum Gasteiger partial charge on any atom is -0.463 e. The summed E-state index contributed by atoms with van der Waals surface area (Å²) in [6.45, 7) is -1.37. The molecular weight excluding hydrogens is 1170 g/mol. The molecule has 2 aliphatic heterocycles. The van der Waals surface area contributed by atoms with Gasteiger partial charge < -0.3 is 42.6 Å². The number of cyclic esters (lactones) is 1. The number of benzene rings is 4. The minimum absolute atomic E-state index is 0.0931. The smallest absolute Gasteiger partial charge is 0.432 e. The van der Waals surface area contributed by atoms with Gasteiger partial charge in [0.2, 0.25) is 0 Å². The van der Waals surface area contributed by atoms with Crippen molar-refractivity contribution >= 4 is 30.0 Å². The predicted octanol–water partition coefficient (Wildman–Crippen LogP) is 12.2. The average Bonchev–Trinajstić information content (AvgIpc) is 2.15. The van der Waals surface area contributed by atoms with Crippen molar-refractivity contribution in [3.63, 3.8) is 0 Å². The molecule has 4 aromatic rings. The summed E-state index contributed by atoms with van der Waals surface area (Å²) in [5, 5.41) is 0. The predicted molar refractivity (Wildman–Crippen MR) is 277 cm³/mol. The topological polar surface area (TPSA) is 172 Å². The van der Waals surface area contributed by atoms with E-state index >= 15 is 26.3 Å². The van der Waals surface area contributed by atoms with Crippen molar-refractivity contribution in [3.8, 4) is 0 Å². The van der Waals surface area contributed by atoms with Crippen LogP contribution in [0.15, 0.2) is 121 Å². The lowest BCUT2D eigenvalue weighted by Gasteiger charge is -2.36. The Kier molecular flexibility index (Phi) is 22.4. The van der Waals surface area contributed by atoms with Gasteiger partial charge >= 0.3 is 54.7 Å². The quantitative estimate of drug-likeness (QED) is 0.0218. The third-order valence-corrected chi connectivity index (χ3v) is 15.3. The largest absolute Gasteiger partial charge is 0.463 e. The van der Waals surface area contributed by atoms with E-state index < -0.39 is 143 Å².